The Bertz CT molecular complexity index is 2400. The second-order valence-electron chi connectivity index (χ2n) is 15.5. The second kappa shape index (κ2) is 28.7. The molecule has 21 heteroatoms. The van der Waals surface area contributed by atoms with E-state index in [9.17, 15) is 15.7 Å². The fourth-order valence-electron chi connectivity index (χ4n) is 7.43. The Kier molecular flexibility index (Phi) is 22.6. The van der Waals surface area contributed by atoms with Gasteiger partial charge in [-0.3, -0.25) is 4.79 Å². The molecule has 3 fully saturated rings. The molecule has 19 nitrogen and oxygen atoms in total. The maximum atomic E-state index is 10.6. The summed E-state index contributed by atoms with van der Waals surface area (Å²) < 4.78 is 47.5. The number of benzene rings is 5. The minimum Gasteiger partial charge on any atom is -0.497 e. The van der Waals surface area contributed by atoms with Gasteiger partial charge in [0.25, 0.3) is 5.97 Å². The molecule has 5 unspecified atom stereocenters. The van der Waals surface area contributed by atoms with Gasteiger partial charge in [0, 0.05) is 32.1 Å². The van der Waals surface area contributed by atoms with E-state index in [1.807, 2.05) is 140 Å². The van der Waals surface area contributed by atoms with Crippen molar-refractivity contribution in [2.45, 2.75) is 95.8 Å². The third kappa shape index (κ3) is 15.8. The van der Waals surface area contributed by atoms with Crippen LogP contribution in [0.4, 0.5) is 0 Å². The largest absolute Gasteiger partial charge is 0.497 e. The minimum absolute atomic E-state index is 0. The van der Waals surface area contributed by atoms with E-state index in [0.717, 1.165) is 44.9 Å². The summed E-state index contributed by atoms with van der Waals surface area (Å²) in [6, 6.07) is 42.8. The lowest BCUT2D eigenvalue weighted by molar-refractivity contribution is -0.311. The predicted molar refractivity (Wildman–Crippen MR) is 261 cm³/mol. The number of carboxylic acids is 1. The number of aliphatic hydroxyl groups is 2. The Morgan fingerprint density at radius 3 is 1.59 bits per heavy atom. The zero-order valence-corrected chi connectivity index (χ0v) is 40.1. The van der Waals surface area contributed by atoms with E-state index in [1.165, 1.54) is 23.5 Å². The number of thioether (sulfide) groups is 2. The van der Waals surface area contributed by atoms with E-state index >= 15 is 0 Å². The number of carboxylic acid groups (broad SMARTS) is 1. The van der Waals surface area contributed by atoms with E-state index in [0.29, 0.717) is 13.2 Å². The van der Waals surface area contributed by atoms with Crippen molar-refractivity contribution in [1.29, 1.82) is 0 Å². The fraction of sp³-hybridized carbons (Fsp3) is 0.367. The highest BCUT2D eigenvalue weighted by molar-refractivity contribution is 8.00. The molecular formula is C49H56N6O13S2. The van der Waals surface area contributed by atoms with Crippen molar-refractivity contribution in [2.24, 2.45) is 10.2 Å². The van der Waals surface area contributed by atoms with Crippen LogP contribution in [0.2, 0.25) is 0 Å². The van der Waals surface area contributed by atoms with Crippen LogP contribution in [0.25, 0.3) is 20.9 Å². The van der Waals surface area contributed by atoms with Crippen LogP contribution < -0.4 is 9.47 Å². The van der Waals surface area contributed by atoms with Gasteiger partial charge in [-0.15, -0.1) is 0 Å². The average molecular weight is 1000 g/mol. The Morgan fingerprint density at radius 1 is 0.686 bits per heavy atom. The summed E-state index contributed by atoms with van der Waals surface area (Å²) in [6.07, 6.45) is -4.78. The maximum Gasteiger partial charge on any atom is 0.300 e. The molecule has 0 aliphatic carbocycles. The number of carbonyl (C=O) groups is 1. The third-order valence-corrected chi connectivity index (χ3v) is 13.1. The molecule has 0 radical (unpaired) electrons. The fourth-order valence-corrected chi connectivity index (χ4v) is 9.69. The molecule has 0 spiro atoms. The van der Waals surface area contributed by atoms with Crippen LogP contribution in [-0.2, 0) is 46.4 Å². The van der Waals surface area contributed by atoms with Gasteiger partial charge >= 0.3 is 0 Å². The second-order valence-corrected chi connectivity index (χ2v) is 17.8. The number of hydrogen-bond donors (Lipinski definition) is 3. The van der Waals surface area contributed by atoms with E-state index in [-0.39, 0.29) is 24.8 Å². The van der Waals surface area contributed by atoms with Crippen molar-refractivity contribution >= 4 is 29.5 Å². The van der Waals surface area contributed by atoms with Crippen LogP contribution in [0.3, 0.4) is 0 Å². The van der Waals surface area contributed by atoms with E-state index in [2.05, 4.69) is 20.1 Å². The summed E-state index contributed by atoms with van der Waals surface area (Å²) in [5, 5.41) is 35.7. The van der Waals surface area contributed by atoms with Gasteiger partial charge in [0.2, 0.25) is 0 Å². The molecular weight excluding hydrogens is 945 g/mol. The smallest absolute Gasteiger partial charge is 0.300 e. The van der Waals surface area contributed by atoms with Crippen molar-refractivity contribution < 1.29 is 63.5 Å². The molecule has 0 saturated carbocycles. The summed E-state index contributed by atoms with van der Waals surface area (Å²) in [5.74, 6) is 0.668. The van der Waals surface area contributed by atoms with Crippen LogP contribution in [0.1, 0.15) is 29.9 Å². The molecule has 11 atom stereocenters. The Morgan fingerprint density at radius 2 is 1.13 bits per heavy atom. The lowest BCUT2D eigenvalue weighted by Crippen LogP contribution is -2.61. The number of ether oxygens (including phenoxy) is 8. The van der Waals surface area contributed by atoms with Crippen molar-refractivity contribution in [3.05, 3.63) is 177 Å². The maximum absolute atomic E-state index is 10.6. The first-order valence-corrected chi connectivity index (χ1v) is 23.5. The average Bonchev–Trinajstić information content (AvgIpc) is 3.38. The van der Waals surface area contributed by atoms with Gasteiger partial charge in [0.1, 0.15) is 58.9 Å². The molecule has 0 bridgehead atoms. The summed E-state index contributed by atoms with van der Waals surface area (Å²) >= 11 is 2.86. The zero-order chi connectivity index (χ0) is 49.0. The molecule has 5 N–H and O–H groups in total. The number of aliphatic carboxylic acids is 1. The number of hydrogen-bond acceptors (Lipinski definition) is 15. The number of aliphatic hydroxyl groups excluding tert-OH is 2. The first kappa shape index (κ1) is 55.1. The van der Waals surface area contributed by atoms with Gasteiger partial charge in [-0.25, -0.2) is 0 Å². The van der Waals surface area contributed by atoms with Crippen LogP contribution in [0.5, 0.6) is 11.5 Å². The first-order chi connectivity index (χ1) is 33.6. The lowest BCUT2D eigenvalue weighted by atomic mass is 9.97. The number of nitrogens with zero attached hydrogens (tertiary/aromatic N) is 6. The normalized spacial score (nSPS) is 25.5. The molecule has 3 aliphatic heterocycles. The minimum atomic E-state index is -1.14. The van der Waals surface area contributed by atoms with Gasteiger partial charge in [0.05, 0.1) is 52.9 Å². The van der Waals surface area contributed by atoms with E-state index in [1.54, 1.807) is 14.2 Å². The van der Waals surface area contributed by atoms with Crippen LogP contribution in [0.15, 0.2) is 160 Å². The summed E-state index contributed by atoms with van der Waals surface area (Å²) in [5.41, 5.74) is 20.2. The Hall–Kier alpha value is -5.87. The predicted octanol–water partition coefficient (Wildman–Crippen LogP) is 8.29. The Balaban J connectivity index is 0.000000244. The molecule has 3 heterocycles. The monoisotopic (exact) mass is 1000 g/mol. The van der Waals surface area contributed by atoms with Crippen LogP contribution in [-0.4, -0.2) is 114 Å². The number of azide groups is 2. The summed E-state index contributed by atoms with van der Waals surface area (Å²) in [4.78, 5) is 17.0. The summed E-state index contributed by atoms with van der Waals surface area (Å²) in [7, 11) is 3.22. The molecule has 5 aromatic carbocycles. The molecule has 3 aliphatic rings. The highest BCUT2D eigenvalue weighted by Crippen LogP contribution is 2.42. The number of fused-ring (bicyclic) bond motifs is 1. The standard InChI is InChI=1S/C27H27N3O5S.C20H23N3O5S.C2H4O2.H2O/c1-31-20-14-12-18(13-15-20)16-32-25-23(29-30-28)27(36-21-10-6-3-7-11-21)34-22-17-33-26(35-24(22)25)19-8-4-2-5-9-19;1-26-14-9-7-13(8-10-14)12-27-19-17(22-23-21)20(28-16(11-24)18(19)25)29-15-5-3-2-4-6-15;1-2(3)4;/h2-15,22-27H,16-17H2,1H3;2-10,16-20,24-25H,11-12H2,1H3;1H3,(H,3,4);1H2/t22?,23?,24-,25-,26?,27+;16?,17?,18-,19-,20+;;/m11../s1. The SMILES string of the molecule is CC(=O)O.COc1ccc(CO[C@@H]2C(N=[N+]=[N-])[C@H](Sc3ccccc3)OC(CO)[C@H]2O)cc1.COc1ccc(CO[C@@H]2C(N=[N+]=[N-])[C@H](Sc3ccccc3)OC3COC(c4ccccc4)O[C@H]32)cc1.O. The topological polar surface area (TPSA) is 281 Å². The summed E-state index contributed by atoms with van der Waals surface area (Å²) in [6.45, 7) is 1.56. The number of methoxy groups -OCH3 is 2. The molecule has 372 valence electrons. The molecule has 0 aromatic heterocycles. The van der Waals surface area contributed by atoms with Gasteiger partial charge in [-0.05, 0) is 70.7 Å². The molecule has 3 saturated heterocycles. The first-order valence-electron chi connectivity index (χ1n) is 21.8. The molecule has 5 aromatic rings. The van der Waals surface area contributed by atoms with Crippen molar-refractivity contribution in [2.75, 3.05) is 27.4 Å². The molecule has 70 heavy (non-hydrogen) atoms. The van der Waals surface area contributed by atoms with Crippen molar-refractivity contribution in [1.82, 2.24) is 0 Å². The highest BCUT2D eigenvalue weighted by Gasteiger charge is 2.51. The van der Waals surface area contributed by atoms with Gasteiger partial charge < -0.3 is 58.7 Å². The molecule has 0 amide bonds. The third-order valence-electron chi connectivity index (χ3n) is 10.8. The van der Waals surface area contributed by atoms with Crippen LogP contribution >= 0.6 is 23.5 Å². The molecule has 8 rings (SSSR count). The highest BCUT2D eigenvalue weighted by atomic mass is 32.2. The number of rotatable bonds is 16. The lowest BCUT2D eigenvalue weighted by Gasteiger charge is -2.48. The van der Waals surface area contributed by atoms with Gasteiger partial charge in [-0.2, -0.15) is 0 Å². The van der Waals surface area contributed by atoms with Gasteiger partial charge in [0.15, 0.2) is 6.29 Å². The quantitative estimate of drug-likeness (QED) is 0.0476. The van der Waals surface area contributed by atoms with Gasteiger partial charge in [-0.1, -0.05) is 125 Å². The Labute approximate surface area is 413 Å². The van der Waals surface area contributed by atoms with Crippen molar-refractivity contribution in [3.8, 4) is 11.5 Å². The van der Waals surface area contributed by atoms with E-state index in [4.69, 9.17) is 53.3 Å². The van der Waals surface area contributed by atoms with E-state index < -0.39 is 65.7 Å². The van der Waals surface area contributed by atoms with Crippen molar-refractivity contribution in [3.63, 3.8) is 0 Å². The van der Waals surface area contributed by atoms with Crippen LogP contribution in [0, 0.1) is 0 Å². The zero-order valence-electron chi connectivity index (χ0n) is 38.5.